The van der Waals surface area contributed by atoms with Gasteiger partial charge in [-0.3, -0.25) is 4.79 Å². The average molecular weight is 200 g/mol. The van der Waals surface area contributed by atoms with Crippen LogP contribution in [0.25, 0.3) is 0 Å². The van der Waals surface area contributed by atoms with Crippen molar-refractivity contribution in [2.45, 2.75) is 6.92 Å². The van der Waals surface area contributed by atoms with E-state index in [-0.39, 0.29) is 23.6 Å². The number of hydrogen-bond acceptors (Lipinski definition) is 3. The number of aromatic hydroxyl groups is 1. The number of benzene rings is 1. The molecule has 0 atom stereocenters. The number of carbonyl (C=O) groups excluding carboxylic acids is 1. The van der Waals surface area contributed by atoms with E-state index >= 15 is 0 Å². The topological polar surface area (TPSA) is 63.3 Å². The van der Waals surface area contributed by atoms with Crippen LogP contribution >= 0.6 is 11.6 Å². The standard InChI is InChI=1S/C9H10ClNO2/c1-5-2-6(10)3-7(9(5)13)8(12)4-11/h2-3,13H,4,11H2,1H3. The van der Waals surface area contributed by atoms with Crippen molar-refractivity contribution < 1.29 is 9.90 Å². The lowest BCUT2D eigenvalue weighted by molar-refractivity contribution is 0.0998. The van der Waals surface area contributed by atoms with Crippen LogP contribution in [0.3, 0.4) is 0 Å². The Morgan fingerprint density at radius 1 is 1.62 bits per heavy atom. The van der Waals surface area contributed by atoms with E-state index in [2.05, 4.69) is 0 Å². The average Bonchev–Trinajstić information content (AvgIpc) is 2.10. The third-order valence-electron chi connectivity index (χ3n) is 1.75. The van der Waals surface area contributed by atoms with Gasteiger partial charge in [0.2, 0.25) is 0 Å². The van der Waals surface area contributed by atoms with Gasteiger partial charge in [0.05, 0.1) is 12.1 Å². The lowest BCUT2D eigenvalue weighted by Gasteiger charge is -2.05. The predicted molar refractivity (Wildman–Crippen MR) is 51.2 cm³/mol. The highest BCUT2D eigenvalue weighted by molar-refractivity contribution is 6.31. The molecule has 0 unspecified atom stereocenters. The Labute approximate surface area is 81.1 Å². The van der Waals surface area contributed by atoms with E-state index in [1.54, 1.807) is 13.0 Å². The number of nitrogens with two attached hydrogens (primary N) is 1. The van der Waals surface area contributed by atoms with Crippen molar-refractivity contribution in [2.75, 3.05) is 6.54 Å². The van der Waals surface area contributed by atoms with Gasteiger partial charge in [-0.2, -0.15) is 0 Å². The van der Waals surface area contributed by atoms with Gasteiger partial charge in [-0.15, -0.1) is 0 Å². The summed E-state index contributed by atoms with van der Waals surface area (Å²) in [6.07, 6.45) is 0. The van der Waals surface area contributed by atoms with Gasteiger partial charge in [0.1, 0.15) is 5.75 Å². The number of Topliss-reactive ketones (excluding diaryl/α,β-unsaturated/α-hetero) is 1. The van der Waals surface area contributed by atoms with E-state index in [1.165, 1.54) is 6.07 Å². The highest BCUT2D eigenvalue weighted by Crippen LogP contribution is 2.26. The molecule has 70 valence electrons. The number of ketones is 1. The van der Waals surface area contributed by atoms with Crippen molar-refractivity contribution in [2.24, 2.45) is 5.73 Å². The van der Waals surface area contributed by atoms with Crippen LogP contribution in [0.1, 0.15) is 15.9 Å². The Hall–Kier alpha value is -1.06. The SMILES string of the molecule is Cc1cc(Cl)cc(C(=O)CN)c1O. The molecule has 0 aromatic heterocycles. The summed E-state index contributed by atoms with van der Waals surface area (Å²) < 4.78 is 0. The molecule has 1 rings (SSSR count). The first-order valence-electron chi connectivity index (χ1n) is 3.78. The molecule has 3 nitrogen and oxygen atoms in total. The van der Waals surface area contributed by atoms with Gasteiger partial charge >= 0.3 is 0 Å². The summed E-state index contributed by atoms with van der Waals surface area (Å²) in [6, 6.07) is 3.00. The molecule has 0 saturated carbocycles. The fraction of sp³-hybridized carbons (Fsp3) is 0.222. The molecule has 1 aromatic rings. The number of rotatable bonds is 2. The highest BCUT2D eigenvalue weighted by Gasteiger charge is 2.12. The van der Waals surface area contributed by atoms with Crippen LogP contribution in [-0.4, -0.2) is 17.4 Å². The van der Waals surface area contributed by atoms with E-state index in [9.17, 15) is 9.90 Å². The Kier molecular flexibility index (Phi) is 2.90. The van der Waals surface area contributed by atoms with Crippen LogP contribution < -0.4 is 5.73 Å². The minimum Gasteiger partial charge on any atom is -0.507 e. The number of halogens is 1. The first-order chi connectivity index (χ1) is 6.06. The normalized spacial score (nSPS) is 10.1. The van der Waals surface area contributed by atoms with Gasteiger partial charge in [-0.25, -0.2) is 0 Å². The van der Waals surface area contributed by atoms with Gasteiger partial charge in [-0.1, -0.05) is 11.6 Å². The zero-order valence-electron chi connectivity index (χ0n) is 7.17. The molecule has 0 saturated heterocycles. The van der Waals surface area contributed by atoms with E-state index < -0.39 is 0 Å². The molecule has 0 fully saturated rings. The molecule has 0 spiro atoms. The molecule has 3 N–H and O–H groups in total. The monoisotopic (exact) mass is 199 g/mol. The van der Waals surface area contributed by atoms with E-state index in [0.29, 0.717) is 10.6 Å². The summed E-state index contributed by atoms with van der Waals surface area (Å²) in [5.41, 5.74) is 5.93. The zero-order chi connectivity index (χ0) is 10.0. The second-order valence-electron chi connectivity index (χ2n) is 2.75. The third kappa shape index (κ3) is 1.99. The van der Waals surface area contributed by atoms with Crippen LogP contribution in [0.2, 0.25) is 5.02 Å². The molecule has 0 aliphatic carbocycles. The Balaban J connectivity index is 3.28. The van der Waals surface area contributed by atoms with Crippen LogP contribution in [0.15, 0.2) is 12.1 Å². The van der Waals surface area contributed by atoms with Gasteiger partial charge in [0.25, 0.3) is 0 Å². The van der Waals surface area contributed by atoms with Crippen molar-refractivity contribution >= 4 is 17.4 Å². The smallest absolute Gasteiger partial charge is 0.180 e. The largest absolute Gasteiger partial charge is 0.507 e. The molecule has 0 aliphatic heterocycles. The summed E-state index contributed by atoms with van der Waals surface area (Å²) in [4.78, 5) is 11.2. The van der Waals surface area contributed by atoms with Crippen LogP contribution in [-0.2, 0) is 0 Å². The fourth-order valence-electron chi connectivity index (χ4n) is 1.06. The third-order valence-corrected chi connectivity index (χ3v) is 1.97. The van der Waals surface area contributed by atoms with Crippen LogP contribution in [0, 0.1) is 6.92 Å². The lowest BCUT2D eigenvalue weighted by Crippen LogP contribution is -2.13. The quantitative estimate of drug-likeness (QED) is 0.710. The molecule has 0 aliphatic rings. The summed E-state index contributed by atoms with van der Waals surface area (Å²) in [5, 5.41) is 9.91. The highest BCUT2D eigenvalue weighted by atomic mass is 35.5. The zero-order valence-corrected chi connectivity index (χ0v) is 7.93. The number of carbonyl (C=O) groups is 1. The van der Waals surface area contributed by atoms with Gasteiger partial charge in [-0.05, 0) is 24.6 Å². The molecule has 0 radical (unpaired) electrons. The van der Waals surface area contributed by atoms with Gasteiger partial charge in [0, 0.05) is 5.02 Å². The first kappa shape index (κ1) is 10.0. The Bertz CT molecular complexity index is 350. The van der Waals surface area contributed by atoms with Crippen LogP contribution in [0.4, 0.5) is 0 Å². The molecular formula is C9H10ClNO2. The maximum atomic E-state index is 11.2. The van der Waals surface area contributed by atoms with Crippen molar-refractivity contribution in [3.8, 4) is 5.75 Å². The molecule has 0 heterocycles. The minimum absolute atomic E-state index is 0.0418. The van der Waals surface area contributed by atoms with Crippen molar-refractivity contribution in [1.82, 2.24) is 0 Å². The molecule has 1 aromatic carbocycles. The molecule has 13 heavy (non-hydrogen) atoms. The van der Waals surface area contributed by atoms with Gasteiger partial charge < -0.3 is 10.8 Å². The lowest BCUT2D eigenvalue weighted by atomic mass is 10.1. The number of aryl methyl sites for hydroxylation is 1. The van der Waals surface area contributed by atoms with Crippen molar-refractivity contribution in [3.63, 3.8) is 0 Å². The van der Waals surface area contributed by atoms with Crippen LogP contribution in [0.5, 0.6) is 5.75 Å². The van der Waals surface area contributed by atoms with E-state index in [0.717, 1.165) is 0 Å². The number of phenolic OH excluding ortho intramolecular Hbond substituents is 1. The van der Waals surface area contributed by atoms with E-state index in [4.69, 9.17) is 17.3 Å². The summed E-state index contributed by atoms with van der Waals surface area (Å²) in [7, 11) is 0. The summed E-state index contributed by atoms with van der Waals surface area (Å²) >= 11 is 5.72. The Morgan fingerprint density at radius 2 is 2.23 bits per heavy atom. The van der Waals surface area contributed by atoms with Crippen molar-refractivity contribution in [1.29, 1.82) is 0 Å². The number of hydrogen-bond donors (Lipinski definition) is 2. The van der Waals surface area contributed by atoms with Gasteiger partial charge in [0.15, 0.2) is 5.78 Å². The predicted octanol–water partition coefficient (Wildman–Crippen LogP) is 1.50. The summed E-state index contributed by atoms with van der Waals surface area (Å²) in [6.45, 7) is 1.54. The van der Waals surface area contributed by atoms with Crippen molar-refractivity contribution in [3.05, 3.63) is 28.3 Å². The molecule has 0 bridgehead atoms. The summed E-state index contributed by atoms with van der Waals surface area (Å²) in [5.74, 6) is -0.358. The maximum absolute atomic E-state index is 11.2. The molecular weight excluding hydrogens is 190 g/mol. The first-order valence-corrected chi connectivity index (χ1v) is 4.16. The minimum atomic E-state index is -0.317. The fourth-order valence-corrected chi connectivity index (χ4v) is 1.33. The second kappa shape index (κ2) is 3.77. The molecule has 0 amide bonds. The number of phenols is 1. The second-order valence-corrected chi connectivity index (χ2v) is 3.18. The molecule has 4 heteroatoms. The maximum Gasteiger partial charge on any atom is 0.180 e. The van der Waals surface area contributed by atoms with E-state index in [1.807, 2.05) is 0 Å². The Morgan fingerprint density at radius 3 is 2.77 bits per heavy atom.